The molecule has 2 atom stereocenters. The average molecular weight is 556 g/mol. The molecule has 13 heteroatoms. The van der Waals surface area contributed by atoms with Gasteiger partial charge >= 0.3 is 11.9 Å². The van der Waals surface area contributed by atoms with E-state index in [9.17, 15) is 22.8 Å². The molecule has 0 saturated heterocycles. The van der Waals surface area contributed by atoms with Crippen LogP contribution < -0.4 is 20.9 Å². The number of carbonyl (C=O) groups excluding carboxylic acids is 1. The second kappa shape index (κ2) is 14.1. The summed E-state index contributed by atoms with van der Waals surface area (Å²) in [5.41, 5.74) is 11.5. The Bertz CT molecular complexity index is 1200. The molecule has 0 fully saturated rings. The Balaban J connectivity index is 0.000000410. The summed E-state index contributed by atoms with van der Waals surface area (Å²) in [6.07, 6.45) is 2.04. The summed E-state index contributed by atoms with van der Waals surface area (Å²) < 4.78 is 32.1. The zero-order chi connectivity index (χ0) is 27.6. The highest BCUT2D eigenvalue weighted by Crippen LogP contribution is 2.28. The number of carboxylic acid groups (broad SMARTS) is 2. The lowest BCUT2D eigenvalue weighted by molar-refractivity contribution is -0.145. The molecule has 1 aliphatic rings. The molecule has 1 heterocycles. The number of aliphatic carboxylic acids is 2. The molecule has 37 heavy (non-hydrogen) atoms. The van der Waals surface area contributed by atoms with Crippen LogP contribution >= 0.6 is 11.6 Å². The van der Waals surface area contributed by atoms with Crippen LogP contribution in [0.4, 0.5) is 0 Å². The highest BCUT2D eigenvalue weighted by Gasteiger charge is 2.26. The van der Waals surface area contributed by atoms with E-state index in [-0.39, 0.29) is 4.90 Å². The number of Topliss-reactive ketones (excluding diaryl/α,β-unsaturated/α-hetero) is 1. The number of sulfonamides is 1. The highest BCUT2D eigenvalue weighted by molar-refractivity contribution is 7.89. The maximum atomic E-state index is 12.4. The summed E-state index contributed by atoms with van der Waals surface area (Å²) in [5.74, 6) is -1.95. The largest absolute Gasteiger partial charge is 0.480 e. The van der Waals surface area contributed by atoms with E-state index in [1.807, 2.05) is 0 Å². The molecule has 2 aromatic carbocycles. The van der Waals surface area contributed by atoms with Gasteiger partial charge in [-0.15, -0.1) is 0 Å². The van der Waals surface area contributed by atoms with Gasteiger partial charge in [-0.25, -0.2) is 17.9 Å². The number of hydrogen-bond donors (Lipinski definition) is 5. The number of rotatable bonds is 11. The lowest BCUT2D eigenvalue weighted by Gasteiger charge is -2.23. The Morgan fingerprint density at radius 2 is 1.78 bits per heavy atom. The standard InChI is InChI=1S/C18H16ClNO6S.C6H14N2O2/c19-13-3-5-14(6-4-13)27(24,25)20-10-15(21)11-1-7-16-12(9-11)2-8-17(26-16)18(22)23;7-4-2-1-3-5(8)6(9)10/h1,3-7,9,17,20H,2,8,10H2,(H,22,23);5H,1-4,7-8H2,(H,9,10). The van der Waals surface area contributed by atoms with Gasteiger partial charge in [-0.2, -0.15) is 0 Å². The van der Waals surface area contributed by atoms with Crippen molar-refractivity contribution in [3.05, 3.63) is 58.6 Å². The van der Waals surface area contributed by atoms with Gasteiger partial charge in [0.1, 0.15) is 11.8 Å². The molecule has 7 N–H and O–H groups in total. The van der Waals surface area contributed by atoms with Gasteiger partial charge in [-0.05, 0) is 80.3 Å². The zero-order valence-corrected chi connectivity index (χ0v) is 21.5. The minimum Gasteiger partial charge on any atom is -0.480 e. The molecule has 0 spiro atoms. The summed E-state index contributed by atoms with van der Waals surface area (Å²) >= 11 is 5.74. The van der Waals surface area contributed by atoms with Gasteiger partial charge in [0, 0.05) is 10.6 Å². The van der Waals surface area contributed by atoms with Crippen LogP contribution in [0.15, 0.2) is 47.4 Å². The van der Waals surface area contributed by atoms with E-state index in [1.54, 1.807) is 6.07 Å². The Morgan fingerprint density at radius 3 is 2.38 bits per heavy atom. The molecule has 0 saturated carbocycles. The van der Waals surface area contributed by atoms with Gasteiger partial charge in [-0.1, -0.05) is 18.0 Å². The van der Waals surface area contributed by atoms with Crippen LogP contribution in [0.25, 0.3) is 0 Å². The maximum Gasteiger partial charge on any atom is 0.344 e. The number of nitrogens with one attached hydrogen (secondary N) is 1. The first-order valence-corrected chi connectivity index (χ1v) is 13.3. The fraction of sp³-hybridized carbons (Fsp3) is 0.375. The topological polar surface area (TPSA) is 199 Å². The van der Waals surface area contributed by atoms with Gasteiger partial charge < -0.3 is 26.4 Å². The summed E-state index contributed by atoms with van der Waals surface area (Å²) in [6.45, 7) is 0.203. The number of halogens is 1. The van der Waals surface area contributed by atoms with Crippen molar-refractivity contribution in [3.63, 3.8) is 0 Å². The minimum atomic E-state index is -3.83. The molecule has 1 aliphatic heterocycles. The lowest BCUT2D eigenvalue weighted by Crippen LogP contribution is -2.31. The van der Waals surface area contributed by atoms with Gasteiger partial charge in [0.05, 0.1) is 11.4 Å². The Morgan fingerprint density at radius 1 is 1.11 bits per heavy atom. The fourth-order valence-electron chi connectivity index (χ4n) is 3.33. The maximum absolute atomic E-state index is 12.4. The van der Waals surface area contributed by atoms with Crippen LogP contribution in [0, 0.1) is 0 Å². The molecule has 0 bridgehead atoms. The molecule has 11 nitrogen and oxygen atoms in total. The van der Waals surface area contributed by atoms with Crippen molar-refractivity contribution < 1.29 is 37.8 Å². The average Bonchev–Trinajstić information content (AvgIpc) is 2.87. The zero-order valence-electron chi connectivity index (χ0n) is 19.9. The number of benzene rings is 2. The molecule has 0 amide bonds. The van der Waals surface area contributed by atoms with E-state index >= 15 is 0 Å². The predicted octanol–water partition coefficient (Wildman–Crippen LogP) is 1.81. The second-order valence-corrected chi connectivity index (χ2v) is 10.4. The number of nitrogens with two attached hydrogens (primary N) is 2. The summed E-state index contributed by atoms with van der Waals surface area (Å²) in [5, 5.41) is 17.7. The van der Waals surface area contributed by atoms with Crippen molar-refractivity contribution >= 4 is 39.3 Å². The number of unbranched alkanes of at least 4 members (excludes halogenated alkanes) is 1. The number of carboxylic acids is 2. The van der Waals surface area contributed by atoms with Crippen LogP contribution in [-0.4, -0.2) is 61.6 Å². The normalized spacial score (nSPS) is 15.4. The summed E-state index contributed by atoms with van der Waals surface area (Å²) in [7, 11) is -3.83. The number of hydrogen-bond acceptors (Lipinski definition) is 8. The molecule has 0 aromatic heterocycles. The second-order valence-electron chi connectivity index (χ2n) is 8.24. The molecule has 2 unspecified atom stereocenters. The Labute approximate surface area is 219 Å². The third-order valence-electron chi connectivity index (χ3n) is 5.44. The SMILES string of the molecule is NCCCCC(N)C(=O)O.O=C(CNS(=O)(=O)c1ccc(Cl)cc1)c1ccc2c(c1)CCC(C(=O)O)O2. The molecular formula is C24H30ClN3O8S. The monoisotopic (exact) mass is 555 g/mol. The van der Waals surface area contributed by atoms with Gasteiger partial charge in [0.15, 0.2) is 11.9 Å². The van der Waals surface area contributed by atoms with Crippen molar-refractivity contribution in [2.75, 3.05) is 13.1 Å². The summed E-state index contributed by atoms with van der Waals surface area (Å²) in [6, 6.07) is 9.51. The van der Waals surface area contributed by atoms with E-state index in [0.717, 1.165) is 18.4 Å². The molecule has 202 valence electrons. The third-order valence-corrected chi connectivity index (χ3v) is 7.11. The van der Waals surface area contributed by atoms with E-state index < -0.39 is 46.4 Å². The van der Waals surface area contributed by atoms with Crippen molar-refractivity contribution in [1.82, 2.24) is 4.72 Å². The summed E-state index contributed by atoms with van der Waals surface area (Å²) in [4.78, 5) is 33.5. The first kappa shape index (κ1) is 30.2. The lowest BCUT2D eigenvalue weighted by atomic mass is 9.98. The molecule has 3 rings (SSSR count). The van der Waals surface area contributed by atoms with Gasteiger partial charge in [0.25, 0.3) is 0 Å². The molecule has 0 radical (unpaired) electrons. The number of ketones is 1. The smallest absolute Gasteiger partial charge is 0.344 e. The first-order chi connectivity index (χ1) is 17.4. The molecule has 2 aromatic rings. The first-order valence-electron chi connectivity index (χ1n) is 11.4. The predicted molar refractivity (Wildman–Crippen MR) is 136 cm³/mol. The van der Waals surface area contributed by atoms with Crippen LogP contribution in [0.3, 0.4) is 0 Å². The van der Waals surface area contributed by atoms with E-state index in [1.165, 1.54) is 36.4 Å². The molecular weight excluding hydrogens is 526 g/mol. The quantitative estimate of drug-likeness (QED) is 0.201. The Kier molecular flexibility index (Phi) is 11.5. The van der Waals surface area contributed by atoms with Crippen molar-refractivity contribution in [3.8, 4) is 5.75 Å². The van der Waals surface area contributed by atoms with Gasteiger partial charge in [-0.3, -0.25) is 9.59 Å². The number of ether oxygens (including phenoxy) is 1. The highest BCUT2D eigenvalue weighted by atomic mass is 35.5. The van der Waals surface area contributed by atoms with Crippen LogP contribution in [-0.2, 0) is 26.0 Å². The van der Waals surface area contributed by atoms with Crippen molar-refractivity contribution in [2.24, 2.45) is 11.5 Å². The number of fused-ring (bicyclic) bond motifs is 1. The van der Waals surface area contributed by atoms with Gasteiger partial charge in [0.2, 0.25) is 10.0 Å². The van der Waals surface area contributed by atoms with Crippen LogP contribution in [0.2, 0.25) is 5.02 Å². The Hall–Kier alpha value is -3.03. The van der Waals surface area contributed by atoms with E-state index in [2.05, 4.69) is 4.72 Å². The molecule has 0 aliphatic carbocycles. The minimum absolute atomic E-state index is 0.0123. The van der Waals surface area contributed by atoms with Crippen molar-refractivity contribution in [1.29, 1.82) is 0 Å². The van der Waals surface area contributed by atoms with Crippen molar-refractivity contribution in [2.45, 2.75) is 49.1 Å². The van der Waals surface area contributed by atoms with Crippen LogP contribution in [0.1, 0.15) is 41.6 Å². The van der Waals surface area contributed by atoms with Crippen LogP contribution in [0.5, 0.6) is 5.75 Å². The fourth-order valence-corrected chi connectivity index (χ4v) is 4.44. The van der Waals surface area contributed by atoms with E-state index in [4.69, 9.17) is 38.0 Å². The third kappa shape index (κ3) is 9.41. The number of carbonyl (C=O) groups is 3. The number of aryl methyl sites for hydroxylation is 1. The van der Waals surface area contributed by atoms with E-state index in [0.29, 0.717) is 42.1 Å².